The lowest BCUT2D eigenvalue weighted by molar-refractivity contribution is -0.941. The van der Waals surface area contributed by atoms with Crippen molar-refractivity contribution in [2.75, 3.05) is 19.6 Å². The highest BCUT2D eigenvalue weighted by Gasteiger charge is 2.33. The molecule has 0 unspecified atom stereocenters. The van der Waals surface area contributed by atoms with E-state index >= 15 is 0 Å². The van der Waals surface area contributed by atoms with E-state index < -0.39 is 6.15 Å². The second-order valence-corrected chi connectivity index (χ2v) is 15.3. The smallest absolute Gasteiger partial charge is 0.104 e. The standard InChI is InChI=1S/C28H36B.C19H34N/c1-8-9-19-29(26-16-10-13-20(2)23(26)5,27-17-11-14-21(3)24(27)6)28-18-12-15-22(4)25(28)7;1-4-7-15-20(16-8-5-2,17-9-6-3)18-19-13-11-10-12-14-19/h10-18H,8-9,19H2,1-7H3;10-14H,4-9,15-18H2,1-3H3/q-1;+1. The van der Waals surface area contributed by atoms with Gasteiger partial charge in [0.1, 0.15) is 6.54 Å². The Hall–Kier alpha value is -3.10. The van der Waals surface area contributed by atoms with Gasteiger partial charge in [0, 0.05) is 5.56 Å². The predicted molar refractivity (Wildman–Crippen MR) is 222 cm³/mol. The average molecular weight is 660 g/mol. The van der Waals surface area contributed by atoms with Crippen molar-refractivity contribution in [2.45, 2.75) is 133 Å². The molecule has 0 aliphatic carbocycles. The highest BCUT2D eigenvalue weighted by atomic mass is 15.3. The summed E-state index contributed by atoms with van der Waals surface area (Å²) in [5.74, 6) is 0. The number of hydrogen-bond donors (Lipinski definition) is 0. The summed E-state index contributed by atoms with van der Waals surface area (Å²) >= 11 is 0. The van der Waals surface area contributed by atoms with Crippen LogP contribution < -0.4 is 16.4 Å². The van der Waals surface area contributed by atoms with Crippen molar-refractivity contribution in [3.8, 4) is 0 Å². The molecule has 0 aliphatic heterocycles. The van der Waals surface area contributed by atoms with Crippen LogP contribution in [0.1, 0.15) is 118 Å². The van der Waals surface area contributed by atoms with Crippen molar-refractivity contribution in [1.29, 1.82) is 0 Å². The quantitative estimate of drug-likeness (QED) is 0.0782. The number of benzene rings is 4. The fraction of sp³-hybridized carbons (Fsp3) is 0.489. The Morgan fingerprint density at radius 3 is 1.14 bits per heavy atom. The van der Waals surface area contributed by atoms with Gasteiger partial charge in [-0.25, -0.2) is 0 Å². The maximum Gasteiger partial charge on any atom is 0.104 e. The van der Waals surface area contributed by atoms with Gasteiger partial charge in [-0.3, -0.25) is 0 Å². The average Bonchev–Trinajstić information content (AvgIpc) is 3.11. The van der Waals surface area contributed by atoms with Crippen LogP contribution >= 0.6 is 0 Å². The molecule has 0 spiro atoms. The SMILES string of the molecule is CCCC[B-](c1cccc(C)c1C)(c1cccc(C)c1C)c1cccc(C)c1C.CCCC[N+](CCCC)(CCCC)Cc1ccccc1. The number of hydrogen-bond acceptors (Lipinski definition) is 0. The van der Waals surface area contributed by atoms with Crippen LogP contribution in [0.15, 0.2) is 84.9 Å². The third kappa shape index (κ3) is 10.2. The monoisotopic (exact) mass is 660 g/mol. The molecule has 4 rings (SSSR count). The minimum atomic E-state index is -1.05. The second-order valence-electron chi connectivity index (χ2n) is 15.3. The molecule has 1 nitrogen and oxygen atoms in total. The number of aryl methyl sites for hydroxylation is 3. The van der Waals surface area contributed by atoms with E-state index in [2.05, 4.69) is 154 Å². The van der Waals surface area contributed by atoms with E-state index in [4.69, 9.17) is 0 Å². The van der Waals surface area contributed by atoms with Gasteiger partial charge in [-0.2, -0.15) is 22.7 Å². The van der Waals surface area contributed by atoms with Gasteiger partial charge in [-0.05, 0) is 60.8 Å². The fourth-order valence-electron chi connectivity index (χ4n) is 8.43. The van der Waals surface area contributed by atoms with Crippen LogP contribution in [0.4, 0.5) is 0 Å². The maximum atomic E-state index is 2.40. The third-order valence-corrected chi connectivity index (χ3v) is 11.8. The lowest BCUT2D eigenvalue weighted by atomic mass is 9.12. The largest absolute Gasteiger partial charge is 0.320 e. The van der Waals surface area contributed by atoms with Gasteiger partial charge >= 0.3 is 0 Å². The van der Waals surface area contributed by atoms with Crippen molar-refractivity contribution in [1.82, 2.24) is 0 Å². The van der Waals surface area contributed by atoms with Crippen LogP contribution in [0.25, 0.3) is 0 Å². The molecule has 266 valence electrons. The summed E-state index contributed by atoms with van der Waals surface area (Å²) in [6.45, 7) is 28.3. The predicted octanol–water partition coefficient (Wildman–Crippen LogP) is 11.2. The van der Waals surface area contributed by atoms with E-state index in [0.717, 1.165) is 0 Å². The third-order valence-electron chi connectivity index (χ3n) is 11.8. The van der Waals surface area contributed by atoms with Gasteiger partial charge in [0.05, 0.1) is 25.8 Å². The Balaban J connectivity index is 0.000000286. The Bertz CT molecular complexity index is 1410. The summed E-state index contributed by atoms with van der Waals surface area (Å²) < 4.78 is 1.31. The molecule has 2 heteroatoms. The van der Waals surface area contributed by atoms with Crippen LogP contribution in [0.2, 0.25) is 6.32 Å². The van der Waals surface area contributed by atoms with Crippen molar-refractivity contribution in [3.05, 3.63) is 124 Å². The maximum absolute atomic E-state index is 2.40. The van der Waals surface area contributed by atoms with Crippen molar-refractivity contribution < 1.29 is 4.48 Å². The molecule has 0 radical (unpaired) electrons. The minimum absolute atomic E-state index is 1.05. The van der Waals surface area contributed by atoms with Gasteiger partial charge in [0.2, 0.25) is 0 Å². The van der Waals surface area contributed by atoms with E-state index in [0.29, 0.717) is 0 Å². The lowest BCUT2D eigenvalue weighted by Crippen LogP contribution is -2.69. The van der Waals surface area contributed by atoms with E-state index in [1.165, 1.54) is 144 Å². The Morgan fingerprint density at radius 1 is 0.429 bits per heavy atom. The number of unbranched alkanes of at least 4 members (excludes halogenated alkanes) is 4. The van der Waals surface area contributed by atoms with Crippen LogP contribution in [0, 0.1) is 41.5 Å². The zero-order chi connectivity index (χ0) is 35.9. The fourth-order valence-corrected chi connectivity index (χ4v) is 8.43. The van der Waals surface area contributed by atoms with Gasteiger partial charge in [-0.15, -0.1) is 0 Å². The van der Waals surface area contributed by atoms with Crippen molar-refractivity contribution in [2.24, 2.45) is 0 Å². The molecule has 0 fully saturated rings. The first-order valence-electron chi connectivity index (χ1n) is 19.9. The van der Waals surface area contributed by atoms with Gasteiger partial charge in [0.25, 0.3) is 0 Å². The summed E-state index contributed by atoms with van der Waals surface area (Å²) in [4.78, 5) is 0. The normalized spacial score (nSPS) is 11.7. The Kier molecular flexibility index (Phi) is 16.4. The molecule has 0 N–H and O–H groups in total. The summed E-state index contributed by atoms with van der Waals surface area (Å²) in [5.41, 5.74) is 14.6. The van der Waals surface area contributed by atoms with E-state index in [9.17, 15) is 0 Å². The second kappa shape index (κ2) is 19.9. The topological polar surface area (TPSA) is 0 Å². The molecule has 0 atom stereocenters. The molecule has 0 aliphatic rings. The molecule has 0 saturated heterocycles. The first-order valence-corrected chi connectivity index (χ1v) is 19.9. The molecular weight excluding hydrogens is 589 g/mol. The van der Waals surface area contributed by atoms with Gasteiger partial charge in [0.15, 0.2) is 0 Å². The highest BCUT2D eigenvalue weighted by Crippen LogP contribution is 2.24. The van der Waals surface area contributed by atoms with Gasteiger partial charge in [-0.1, -0.05) is 178 Å². The van der Waals surface area contributed by atoms with Crippen molar-refractivity contribution >= 4 is 22.5 Å². The molecule has 49 heavy (non-hydrogen) atoms. The number of nitrogens with zero attached hydrogens (tertiary/aromatic N) is 1. The highest BCUT2D eigenvalue weighted by molar-refractivity contribution is 7.12. The van der Waals surface area contributed by atoms with Crippen LogP contribution in [-0.2, 0) is 6.54 Å². The first-order chi connectivity index (χ1) is 23.6. The molecule has 0 saturated carbocycles. The van der Waals surface area contributed by atoms with Crippen LogP contribution in [-0.4, -0.2) is 30.3 Å². The summed E-state index contributed by atoms with van der Waals surface area (Å²) in [6, 6.07) is 31.9. The molecule has 4 aromatic rings. The van der Waals surface area contributed by atoms with E-state index in [1.54, 1.807) is 0 Å². The number of quaternary nitrogens is 1. The zero-order valence-corrected chi connectivity index (χ0v) is 33.3. The molecule has 0 amide bonds. The molecular formula is C47H70BN. The molecule has 4 aromatic carbocycles. The lowest BCUT2D eigenvalue weighted by Gasteiger charge is -2.47. The summed E-state index contributed by atoms with van der Waals surface area (Å²) in [5, 5.41) is 0. The van der Waals surface area contributed by atoms with Crippen molar-refractivity contribution in [3.63, 3.8) is 0 Å². The van der Waals surface area contributed by atoms with Gasteiger partial charge < -0.3 is 4.48 Å². The summed E-state index contributed by atoms with van der Waals surface area (Å²) in [7, 11) is 0. The zero-order valence-electron chi connectivity index (χ0n) is 33.3. The first kappa shape index (κ1) is 40.3. The number of rotatable bonds is 17. The van der Waals surface area contributed by atoms with Crippen LogP contribution in [0.5, 0.6) is 0 Å². The van der Waals surface area contributed by atoms with Crippen LogP contribution in [0.3, 0.4) is 0 Å². The molecule has 0 aromatic heterocycles. The van der Waals surface area contributed by atoms with E-state index in [1.807, 2.05) is 0 Å². The molecule has 0 heterocycles. The molecule has 0 bridgehead atoms. The van der Waals surface area contributed by atoms with E-state index in [-0.39, 0.29) is 0 Å². The summed E-state index contributed by atoms with van der Waals surface area (Å²) in [6.07, 6.45) is 10.6. The Morgan fingerprint density at radius 2 is 0.796 bits per heavy atom. The Labute approximate surface area is 303 Å². The minimum Gasteiger partial charge on any atom is -0.320 e.